The summed E-state index contributed by atoms with van der Waals surface area (Å²) < 4.78 is 16.9. The van der Waals surface area contributed by atoms with Crippen molar-refractivity contribution in [2.24, 2.45) is 10.3 Å². The van der Waals surface area contributed by atoms with Gasteiger partial charge in [-0.3, -0.25) is 0 Å². The molecular weight excluding hydrogens is 294 g/mol. The van der Waals surface area contributed by atoms with Crippen LogP contribution < -0.4 is 0 Å². The molecule has 2 aromatic rings. The van der Waals surface area contributed by atoms with E-state index in [2.05, 4.69) is 4.36 Å². The van der Waals surface area contributed by atoms with Crippen LogP contribution in [0.15, 0.2) is 81.4 Å². The number of rotatable bonds is 5. The highest BCUT2D eigenvalue weighted by Crippen LogP contribution is 2.24. The van der Waals surface area contributed by atoms with Crippen LogP contribution in [0.5, 0.6) is 0 Å². The van der Waals surface area contributed by atoms with Gasteiger partial charge in [0.2, 0.25) is 0 Å². The maximum Gasteiger partial charge on any atom is 0.0963 e. The molecule has 0 heterocycles. The minimum Gasteiger partial charge on any atom is -0.388 e. The molecule has 3 nitrogen and oxygen atoms in total. The zero-order valence-corrected chi connectivity index (χ0v) is 13.6. The van der Waals surface area contributed by atoms with Crippen molar-refractivity contribution in [1.82, 2.24) is 0 Å². The second kappa shape index (κ2) is 7.38. The topological polar surface area (TPSA) is 49.7 Å². The highest BCUT2D eigenvalue weighted by Gasteiger charge is 2.15. The van der Waals surface area contributed by atoms with Crippen LogP contribution >= 0.6 is 0 Å². The molecule has 22 heavy (non-hydrogen) atoms. The summed E-state index contributed by atoms with van der Waals surface area (Å²) in [4.78, 5) is 0.676. The summed E-state index contributed by atoms with van der Waals surface area (Å²) in [6.45, 7) is 1.90. The van der Waals surface area contributed by atoms with Gasteiger partial charge in [0.05, 0.1) is 20.7 Å². The molecule has 2 aromatic carbocycles. The smallest absolute Gasteiger partial charge is 0.0963 e. The Morgan fingerprint density at radius 3 is 2.14 bits per heavy atom. The van der Waals surface area contributed by atoms with Gasteiger partial charge < -0.3 is 5.11 Å². The summed E-state index contributed by atoms with van der Waals surface area (Å²) in [6, 6.07) is 18.6. The molecule has 3 atom stereocenters. The van der Waals surface area contributed by atoms with E-state index in [-0.39, 0.29) is 5.92 Å². The first-order chi connectivity index (χ1) is 10.6. The third-order valence-corrected chi connectivity index (χ3v) is 5.57. The summed E-state index contributed by atoms with van der Waals surface area (Å²) >= 11 is 0. The van der Waals surface area contributed by atoms with Crippen molar-refractivity contribution >= 4 is 9.73 Å². The third-order valence-electron chi connectivity index (χ3n) is 3.56. The monoisotopic (exact) mass is 315 g/mol. The first-order valence-electron chi connectivity index (χ1n) is 7.18. The van der Waals surface area contributed by atoms with Crippen molar-refractivity contribution in [2.75, 3.05) is 7.05 Å². The second-order valence-corrected chi connectivity index (χ2v) is 7.35. The molecule has 0 bridgehead atoms. The molecule has 116 valence electrons. The molecule has 0 fully saturated rings. The molecule has 1 N–H and O–H groups in total. The van der Waals surface area contributed by atoms with Crippen LogP contribution in [0.1, 0.15) is 18.6 Å². The van der Waals surface area contributed by atoms with Gasteiger partial charge in [0.1, 0.15) is 0 Å². The first-order valence-corrected chi connectivity index (χ1v) is 8.76. The molecule has 0 aliphatic heterocycles. The van der Waals surface area contributed by atoms with Gasteiger partial charge in [-0.2, -0.15) is 0 Å². The van der Waals surface area contributed by atoms with Gasteiger partial charge in [-0.1, -0.05) is 61.5 Å². The van der Waals surface area contributed by atoms with E-state index in [1.165, 1.54) is 0 Å². The molecular formula is C18H21NO2S. The summed E-state index contributed by atoms with van der Waals surface area (Å²) in [5.74, 6) is -0.159. The Kier molecular flexibility index (Phi) is 5.52. The Morgan fingerprint density at radius 1 is 1.05 bits per heavy atom. The van der Waals surface area contributed by atoms with E-state index in [1.807, 2.05) is 55.5 Å². The Labute approximate surface area is 132 Å². The number of aliphatic hydroxyl groups excluding tert-OH is 1. The van der Waals surface area contributed by atoms with Crippen LogP contribution in [0.3, 0.4) is 0 Å². The van der Waals surface area contributed by atoms with Crippen molar-refractivity contribution in [3.05, 3.63) is 77.7 Å². The van der Waals surface area contributed by atoms with Gasteiger partial charge in [-0.15, -0.1) is 0 Å². The van der Waals surface area contributed by atoms with Crippen molar-refractivity contribution < 1.29 is 9.32 Å². The number of benzene rings is 2. The molecule has 0 spiro atoms. The number of nitrogens with zero attached hydrogens (tertiary/aromatic N) is 1. The van der Waals surface area contributed by atoms with E-state index in [9.17, 15) is 9.32 Å². The molecule has 0 aliphatic carbocycles. The first kappa shape index (κ1) is 16.5. The predicted octanol–water partition coefficient (Wildman–Crippen LogP) is 4.03. The van der Waals surface area contributed by atoms with Crippen LogP contribution in [-0.2, 0) is 9.73 Å². The fraction of sp³-hybridized carbons (Fsp3) is 0.222. The fourth-order valence-electron chi connectivity index (χ4n) is 2.15. The minimum absolute atomic E-state index is 0.159. The van der Waals surface area contributed by atoms with Crippen LogP contribution in [-0.4, -0.2) is 16.4 Å². The van der Waals surface area contributed by atoms with Crippen molar-refractivity contribution in [2.45, 2.75) is 17.9 Å². The lowest BCUT2D eigenvalue weighted by atomic mass is 9.98. The van der Waals surface area contributed by atoms with Gasteiger partial charge in [-0.05, 0) is 17.7 Å². The zero-order valence-electron chi connectivity index (χ0n) is 12.8. The Bertz CT molecular complexity index is 732. The van der Waals surface area contributed by atoms with E-state index < -0.39 is 15.8 Å². The lowest BCUT2D eigenvalue weighted by Crippen LogP contribution is -2.07. The van der Waals surface area contributed by atoms with Crippen LogP contribution in [0.4, 0.5) is 0 Å². The van der Waals surface area contributed by atoms with E-state index >= 15 is 0 Å². The molecule has 0 aliphatic rings. The normalized spacial score (nSPS) is 16.9. The number of aliphatic hydroxyl groups is 1. The molecule has 4 heteroatoms. The second-order valence-electron chi connectivity index (χ2n) is 5.11. The summed E-state index contributed by atoms with van der Waals surface area (Å²) in [6.07, 6.45) is 1.15. The highest BCUT2D eigenvalue weighted by atomic mass is 32.2. The minimum atomic E-state index is -2.58. The lowest BCUT2D eigenvalue weighted by molar-refractivity contribution is 0.140. The SMILES string of the molecule is CN=S(=O)(/C=C\[C@@H](C)[C@@H](O)c1ccccc1)c1ccccc1. The van der Waals surface area contributed by atoms with Crippen molar-refractivity contribution in [3.8, 4) is 0 Å². The van der Waals surface area contributed by atoms with Gasteiger partial charge >= 0.3 is 0 Å². The summed E-state index contributed by atoms with van der Waals surface area (Å²) in [7, 11) is -1.03. The standard InChI is InChI=1S/C18H21NO2S/c1-15(18(20)16-9-5-3-6-10-16)13-14-22(21,19-2)17-11-7-4-8-12-17/h3-15,18,20H,1-2H3/b14-13-/t15-,18-,22?/m1/s1. The molecule has 0 aromatic heterocycles. The van der Waals surface area contributed by atoms with E-state index in [0.717, 1.165) is 5.56 Å². The van der Waals surface area contributed by atoms with Gasteiger partial charge in [-0.25, -0.2) is 8.57 Å². The Morgan fingerprint density at radius 2 is 1.59 bits per heavy atom. The quantitative estimate of drug-likeness (QED) is 0.905. The molecule has 0 saturated heterocycles. The van der Waals surface area contributed by atoms with Gasteiger partial charge in [0.15, 0.2) is 0 Å². The van der Waals surface area contributed by atoms with Crippen LogP contribution in [0.25, 0.3) is 0 Å². The number of hydrogen-bond acceptors (Lipinski definition) is 3. The van der Waals surface area contributed by atoms with E-state index in [1.54, 1.807) is 30.7 Å². The highest BCUT2D eigenvalue weighted by molar-refractivity contribution is 7.96. The lowest BCUT2D eigenvalue weighted by Gasteiger charge is -2.16. The predicted molar refractivity (Wildman–Crippen MR) is 90.9 cm³/mol. The molecule has 1 unspecified atom stereocenters. The summed E-state index contributed by atoms with van der Waals surface area (Å²) in [5, 5.41) is 12.0. The average Bonchev–Trinajstić information content (AvgIpc) is 2.60. The summed E-state index contributed by atoms with van der Waals surface area (Å²) in [5.41, 5.74) is 0.847. The Hall–Kier alpha value is -1.91. The zero-order chi connectivity index (χ0) is 16.0. The van der Waals surface area contributed by atoms with Crippen LogP contribution in [0, 0.1) is 5.92 Å². The van der Waals surface area contributed by atoms with E-state index in [0.29, 0.717) is 4.90 Å². The van der Waals surface area contributed by atoms with Gasteiger partial charge in [0, 0.05) is 18.4 Å². The number of hydrogen-bond donors (Lipinski definition) is 1. The largest absolute Gasteiger partial charge is 0.388 e. The molecule has 2 rings (SSSR count). The molecule has 0 saturated carbocycles. The third kappa shape index (κ3) is 3.84. The fourth-order valence-corrected chi connectivity index (χ4v) is 3.65. The van der Waals surface area contributed by atoms with E-state index in [4.69, 9.17) is 0 Å². The van der Waals surface area contributed by atoms with Crippen LogP contribution in [0.2, 0.25) is 0 Å². The van der Waals surface area contributed by atoms with Crippen molar-refractivity contribution in [1.29, 1.82) is 0 Å². The average molecular weight is 315 g/mol. The Balaban J connectivity index is 2.21. The maximum absolute atomic E-state index is 12.9. The van der Waals surface area contributed by atoms with Gasteiger partial charge in [0.25, 0.3) is 0 Å². The molecule has 0 amide bonds. The molecule has 0 radical (unpaired) electrons. The maximum atomic E-state index is 12.9. The van der Waals surface area contributed by atoms with Crippen molar-refractivity contribution in [3.63, 3.8) is 0 Å².